The number of ether oxygens (including phenoxy) is 1. The van der Waals surface area contributed by atoms with Crippen molar-refractivity contribution in [3.8, 4) is 0 Å². The first-order valence-corrected chi connectivity index (χ1v) is 27.3. The van der Waals surface area contributed by atoms with E-state index in [0.717, 1.165) is 38.5 Å². The number of unbranched alkanes of at least 4 members (excludes halogenated alkanes) is 38. The summed E-state index contributed by atoms with van der Waals surface area (Å²) in [6, 6.07) is -0.691. The minimum atomic E-state index is -0.779. The second-order valence-electron chi connectivity index (χ2n) is 19.0. The molecule has 6 heteroatoms. The molecule has 0 aliphatic rings. The van der Waals surface area contributed by atoms with Gasteiger partial charge in [-0.1, -0.05) is 271 Å². The molecule has 1 amide bonds. The maximum atomic E-state index is 13.2. The quantitative estimate of drug-likeness (QED) is 0.0419. The minimum absolute atomic E-state index is 0.0873. The first kappa shape index (κ1) is 58.9. The number of esters is 1. The second-order valence-corrected chi connectivity index (χ2v) is 19.0. The van der Waals surface area contributed by atoms with Gasteiger partial charge in [0.2, 0.25) is 5.91 Å². The Labute approximate surface area is 375 Å². The molecule has 3 unspecified atom stereocenters. The number of hydrogen-bond donors (Lipinski definition) is 3. The predicted octanol–water partition coefficient (Wildman–Crippen LogP) is 16.4. The van der Waals surface area contributed by atoms with Crippen LogP contribution in [0.1, 0.15) is 310 Å². The third-order valence-corrected chi connectivity index (χ3v) is 12.9. The number of carbonyl (C=O) groups is 2. The van der Waals surface area contributed by atoms with Crippen LogP contribution in [0.2, 0.25) is 0 Å². The average Bonchev–Trinajstić information content (AvgIpc) is 3.24. The van der Waals surface area contributed by atoms with Crippen molar-refractivity contribution in [3.05, 3.63) is 0 Å². The van der Waals surface area contributed by atoms with Crippen molar-refractivity contribution >= 4 is 11.9 Å². The molecule has 0 aromatic heterocycles. The Morgan fingerprint density at radius 3 is 1.02 bits per heavy atom. The summed E-state index contributed by atoms with van der Waals surface area (Å²) < 4.78 is 5.93. The summed E-state index contributed by atoms with van der Waals surface area (Å²) in [6.07, 6.45) is 53.2. The van der Waals surface area contributed by atoms with Gasteiger partial charge in [-0.2, -0.15) is 0 Å². The molecule has 0 heterocycles. The SMILES string of the molecule is CCCCCCCCCCCCCCCCCCCCC(=O)OC(CCCCCCCCCCC)CC(=O)NC(CO)C(O)CCCCCCCCCCCCCCCC. The minimum Gasteiger partial charge on any atom is -0.462 e. The van der Waals surface area contributed by atoms with Crippen LogP contribution in [-0.4, -0.2) is 46.9 Å². The summed E-state index contributed by atoms with van der Waals surface area (Å²) in [5, 5.41) is 23.8. The first-order chi connectivity index (χ1) is 29.5. The van der Waals surface area contributed by atoms with Crippen molar-refractivity contribution in [2.75, 3.05) is 6.61 Å². The Kier molecular flexibility index (Phi) is 48.0. The van der Waals surface area contributed by atoms with E-state index in [-0.39, 0.29) is 24.9 Å². The van der Waals surface area contributed by atoms with E-state index in [2.05, 4.69) is 26.1 Å². The highest BCUT2D eigenvalue weighted by Crippen LogP contribution is 2.19. The first-order valence-electron chi connectivity index (χ1n) is 27.3. The lowest BCUT2D eigenvalue weighted by Crippen LogP contribution is -2.46. The van der Waals surface area contributed by atoms with E-state index < -0.39 is 18.2 Å². The molecule has 3 atom stereocenters. The number of carbonyl (C=O) groups excluding carboxylic acids is 2. The van der Waals surface area contributed by atoms with E-state index in [9.17, 15) is 19.8 Å². The van der Waals surface area contributed by atoms with Crippen molar-refractivity contribution in [1.29, 1.82) is 0 Å². The number of hydrogen-bond acceptors (Lipinski definition) is 5. The maximum Gasteiger partial charge on any atom is 0.306 e. The molecule has 3 N–H and O–H groups in total. The molecule has 0 bridgehead atoms. The lowest BCUT2D eigenvalue weighted by Gasteiger charge is -2.24. The molecule has 0 aromatic rings. The zero-order valence-corrected chi connectivity index (χ0v) is 40.9. The molecule has 0 fully saturated rings. The fraction of sp³-hybridized carbons (Fsp3) is 0.963. The van der Waals surface area contributed by atoms with Gasteiger partial charge in [0, 0.05) is 6.42 Å². The normalized spacial score (nSPS) is 13.1. The third-order valence-electron chi connectivity index (χ3n) is 12.9. The van der Waals surface area contributed by atoms with E-state index in [1.54, 1.807) is 0 Å². The van der Waals surface area contributed by atoms with E-state index in [0.29, 0.717) is 19.3 Å². The molecular weight excluding hydrogens is 743 g/mol. The molecule has 0 aromatic carbocycles. The Morgan fingerprint density at radius 1 is 0.417 bits per heavy atom. The standard InChI is InChI=1S/C54H107NO5/c1-4-7-10-13-16-19-21-23-25-26-27-28-30-32-35-38-41-44-47-54(59)60-50(45-42-39-36-33-18-15-12-9-6-3)48-53(58)55-51(49-56)52(57)46-43-40-37-34-31-29-24-22-20-17-14-11-8-5-2/h50-52,56-57H,4-49H2,1-3H3,(H,55,58). The van der Waals surface area contributed by atoms with Crippen molar-refractivity contribution in [2.45, 2.75) is 328 Å². The number of amides is 1. The van der Waals surface area contributed by atoms with Crippen LogP contribution in [0, 0.1) is 0 Å². The van der Waals surface area contributed by atoms with E-state index >= 15 is 0 Å². The highest BCUT2D eigenvalue weighted by Gasteiger charge is 2.24. The highest BCUT2D eigenvalue weighted by molar-refractivity contribution is 5.77. The molecule has 0 saturated heterocycles. The average molecular weight is 850 g/mol. The summed E-state index contributed by atoms with van der Waals surface area (Å²) >= 11 is 0. The van der Waals surface area contributed by atoms with E-state index in [1.807, 2.05) is 0 Å². The molecule has 0 saturated carbocycles. The molecule has 358 valence electrons. The summed E-state index contributed by atoms with van der Waals surface area (Å²) in [6.45, 7) is 6.51. The Bertz CT molecular complexity index is 867. The number of rotatable bonds is 50. The van der Waals surface area contributed by atoms with E-state index in [1.165, 1.54) is 225 Å². The van der Waals surface area contributed by atoms with Crippen LogP contribution < -0.4 is 5.32 Å². The summed E-state index contributed by atoms with van der Waals surface area (Å²) in [5.74, 6) is -0.451. The zero-order valence-electron chi connectivity index (χ0n) is 40.9. The lowest BCUT2D eigenvalue weighted by molar-refractivity contribution is -0.151. The van der Waals surface area contributed by atoms with Crippen molar-refractivity contribution in [2.24, 2.45) is 0 Å². The van der Waals surface area contributed by atoms with Gasteiger partial charge >= 0.3 is 5.97 Å². The fourth-order valence-electron chi connectivity index (χ4n) is 8.79. The van der Waals surface area contributed by atoms with Crippen molar-refractivity contribution < 1.29 is 24.5 Å². The number of aliphatic hydroxyl groups excluding tert-OH is 2. The Balaban J connectivity index is 4.35. The van der Waals surface area contributed by atoms with Crippen LogP contribution in [0.4, 0.5) is 0 Å². The molecule has 0 rings (SSSR count). The smallest absolute Gasteiger partial charge is 0.306 e. The Hall–Kier alpha value is -1.14. The summed E-state index contributed by atoms with van der Waals surface area (Å²) in [7, 11) is 0. The molecule has 60 heavy (non-hydrogen) atoms. The van der Waals surface area contributed by atoms with Gasteiger partial charge in [0.05, 0.1) is 25.2 Å². The van der Waals surface area contributed by atoms with Crippen LogP contribution in [0.3, 0.4) is 0 Å². The fourth-order valence-corrected chi connectivity index (χ4v) is 8.79. The van der Waals surface area contributed by atoms with Gasteiger partial charge in [0.1, 0.15) is 6.10 Å². The predicted molar refractivity (Wildman–Crippen MR) is 260 cm³/mol. The largest absolute Gasteiger partial charge is 0.462 e. The van der Waals surface area contributed by atoms with Gasteiger partial charge in [0.15, 0.2) is 0 Å². The highest BCUT2D eigenvalue weighted by atomic mass is 16.5. The summed E-state index contributed by atoms with van der Waals surface area (Å²) in [4.78, 5) is 26.1. The molecule has 0 aliphatic heterocycles. The van der Waals surface area contributed by atoms with Crippen LogP contribution in [-0.2, 0) is 14.3 Å². The van der Waals surface area contributed by atoms with Crippen LogP contribution >= 0.6 is 0 Å². The van der Waals surface area contributed by atoms with Crippen LogP contribution in [0.5, 0.6) is 0 Å². The van der Waals surface area contributed by atoms with E-state index in [4.69, 9.17) is 4.74 Å². The maximum absolute atomic E-state index is 13.2. The number of aliphatic hydroxyl groups is 2. The van der Waals surface area contributed by atoms with Gasteiger partial charge in [-0.05, 0) is 25.7 Å². The summed E-state index contributed by atoms with van der Waals surface area (Å²) in [5.41, 5.74) is 0. The van der Waals surface area contributed by atoms with Gasteiger partial charge in [0.25, 0.3) is 0 Å². The number of nitrogens with one attached hydrogen (secondary N) is 1. The van der Waals surface area contributed by atoms with Gasteiger partial charge in [-0.25, -0.2) is 0 Å². The van der Waals surface area contributed by atoms with Gasteiger partial charge in [-0.15, -0.1) is 0 Å². The van der Waals surface area contributed by atoms with Crippen molar-refractivity contribution in [3.63, 3.8) is 0 Å². The molecule has 0 spiro atoms. The zero-order chi connectivity index (χ0) is 43.8. The molecule has 6 nitrogen and oxygen atoms in total. The van der Waals surface area contributed by atoms with Crippen LogP contribution in [0.25, 0.3) is 0 Å². The Morgan fingerprint density at radius 2 is 0.700 bits per heavy atom. The van der Waals surface area contributed by atoms with Crippen molar-refractivity contribution in [1.82, 2.24) is 5.32 Å². The monoisotopic (exact) mass is 850 g/mol. The molecule has 0 radical (unpaired) electrons. The second kappa shape index (κ2) is 48.9. The molecular formula is C54H107NO5. The lowest BCUT2D eigenvalue weighted by atomic mass is 10.0. The van der Waals surface area contributed by atoms with Gasteiger partial charge in [-0.3, -0.25) is 9.59 Å². The van der Waals surface area contributed by atoms with Gasteiger partial charge < -0.3 is 20.3 Å². The van der Waals surface area contributed by atoms with Crippen LogP contribution in [0.15, 0.2) is 0 Å². The third kappa shape index (κ3) is 43.5. The topological polar surface area (TPSA) is 95.9 Å². The molecule has 0 aliphatic carbocycles.